The lowest BCUT2D eigenvalue weighted by Crippen LogP contribution is -2.52. The number of aromatic nitrogens is 1. The van der Waals surface area contributed by atoms with Crippen LogP contribution in [0, 0.1) is 0 Å². The monoisotopic (exact) mass is 461 g/mol. The van der Waals surface area contributed by atoms with Crippen molar-refractivity contribution in [1.82, 2.24) is 20.3 Å². The second-order valence-electron chi connectivity index (χ2n) is 6.17. The summed E-state index contributed by atoms with van der Waals surface area (Å²) in [6.07, 6.45) is 5.96. The summed E-state index contributed by atoms with van der Waals surface area (Å²) in [6.45, 7) is 7.38. The topological polar surface area (TPSA) is 66.1 Å². The molecule has 0 radical (unpaired) electrons. The zero-order chi connectivity index (χ0) is 16.6. The molecule has 0 aromatic carbocycles. The maximum absolute atomic E-state index is 5.35. The van der Waals surface area contributed by atoms with Crippen LogP contribution < -0.4 is 5.32 Å². The van der Waals surface area contributed by atoms with Gasteiger partial charge < -0.3 is 19.5 Å². The molecular weight excluding hydrogens is 433 g/mol. The molecule has 7 nitrogen and oxygen atoms in total. The summed E-state index contributed by atoms with van der Waals surface area (Å²) in [6, 6.07) is 1.93. The molecule has 1 fully saturated rings. The zero-order valence-electron chi connectivity index (χ0n) is 14.8. The fourth-order valence-corrected chi connectivity index (χ4v) is 3.13. The van der Waals surface area contributed by atoms with Gasteiger partial charge in [0.25, 0.3) is 0 Å². The summed E-state index contributed by atoms with van der Waals surface area (Å²) in [5, 5.41) is 7.48. The molecule has 0 saturated carbocycles. The molecule has 8 heteroatoms. The minimum Gasteiger partial charge on any atom is -0.377 e. The van der Waals surface area contributed by atoms with E-state index in [0.29, 0.717) is 0 Å². The van der Waals surface area contributed by atoms with E-state index in [-0.39, 0.29) is 24.0 Å². The van der Waals surface area contributed by atoms with Crippen LogP contribution in [-0.2, 0) is 11.3 Å². The third-order valence-corrected chi connectivity index (χ3v) is 4.55. The van der Waals surface area contributed by atoms with Gasteiger partial charge in [-0.1, -0.05) is 16.8 Å². The first-order valence-corrected chi connectivity index (χ1v) is 8.68. The van der Waals surface area contributed by atoms with Crippen molar-refractivity contribution in [3.05, 3.63) is 29.7 Å². The highest BCUT2D eigenvalue weighted by atomic mass is 127. The van der Waals surface area contributed by atoms with E-state index in [1.165, 1.54) is 5.57 Å². The summed E-state index contributed by atoms with van der Waals surface area (Å²) >= 11 is 0. The molecule has 2 aliphatic rings. The van der Waals surface area contributed by atoms with Crippen LogP contribution in [-0.4, -0.2) is 73.9 Å². The normalized spacial score (nSPS) is 19.3. The predicted octanol–water partition coefficient (Wildman–Crippen LogP) is 1.72. The van der Waals surface area contributed by atoms with Crippen molar-refractivity contribution in [2.45, 2.75) is 19.4 Å². The quantitative estimate of drug-likeness (QED) is 0.312. The van der Waals surface area contributed by atoms with E-state index >= 15 is 0 Å². The molecule has 0 bridgehead atoms. The van der Waals surface area contributed by atoms with E-state index in [9.17, 15) is 0 Å². The molecule has 0 amide bonds. The molecular formula is C17H28IN5O2. The molecule has 0 atom stereocenters. The van der Waals surface area contributed by atoms with Gasteiger partial charge in [-0.05, 0) is 12.8 Å². The van der Waals surface area contributed by atoms with Gasteiger partial charge in [0.05, 0.1) is 18.9 Å². The maximum Gasteiger partial charge on any atom is 0.193 e. The van der Waals surface area contributed by atoms with Crippen LogP contribution in [0.25, 0.3) is 0 Å². The lowest BCUT2D eigenvalue weighted by molar-refractivity contribution is 0.153. The summed E-state index contributed by atoms with van der Waals surface area (Å²) in [5.74, 6) is 1.00. The number of piperazine rings is 1. The van der Waals surface area contributed by atoms with Crippen LogP contribution in [0.4, 0.5) is 0 Å². The van der Waals surface area contributed by atoms with Crippen LogP contribution >= 0.6 is 24.0 Å². The molecule has 25 heavy (non-hydrogen) atoms. The summed E-state index contributed by atoms with van der Waals surface area (Å²) in [4.78, 5) is 9.16. The Balaban J connectivity index is 0.00000225. The first kappa shape index (κ1) is 20.2. The molecule has 2 aliphatic heterocycles. The molecule has 1 N–H and O–H groups in total. The average Bonchev–Trinajstić information content (AvgIpc) is 3.14. The highest BCUT2D eigenvalue weighted by Crippen LogP contribution is 2.11. The number of rotatable bonds is 5. The first-order valence-electron chi connectivity index (χ1n) is 8.68. The van der Waals surface area contributed by atoms with E-state index in [0.717, 1.165) is 77.0 Å². The number of nitrogens with one attached hydrogen (secondary N) is 1. The van der Waals surface area contributed by atoms with Crippen LogP contribution in [0.15, 0.2) is 33.5 Å². The molecule has 140 valence electrons. The maximum atomic E-state index is 5.35. The van der Waals surface area contributed by atoms with Gasteiger partial charge in [0.2, 0.25) is 0 Å². The van der Waals surface area contributed by atoms with Gasteiger partial charge in [0.15, 0.2) is 5.96 Å². The Morgan fingerprint density at radius 1 is 1.32 bits per heavy atom. The number of nitrogens with zero attached hydrogens (tertiary/aromatic N) is 4. The SMILES string of the molecule is CN=C(NCCC1=CCOCC1)N1CCN(Cc2ccon2)CC1.I. The third-order valence-electron chi connectivity index (χ3n) is 4.55. The van der Waals surface area contributed by atoms with E-state index in [1.54, 1.807) is 6.26 Å². The Bertz CT molecular complexity index is 553. The molecule has 1 aromatic rings. The highest BCUT2D eigenvalue weighted by molar-refractivity contribution is 14.0. The number of hydrogen-bond acceptors (Lipinski definition) is 5. The number of guanidine groups is 1. The van der Waals surface area contributed by atoms with E-state index in [4.69, 9.17) is 9.26 Å². The molecule has 1 aromatic heterocycles. The van der Waals surface area contributed by atoms with Crippen molar-refractivity contribution in [3.8, 4) is 0 Å². The highest BCUT2D eigenvalue weighted by Gasteiger charge is 2.20. The standard InChI is InChI=1S/C17H27N5O2.HI/c1-18-17(19-6-2-15-3-11-23-12-4-15)22-9-7-21(8-10-22)14-16-5-13-24-20-16;/h3,5,13H,2,4,6-12,14H2,1H3,(H,18,19);1H. The van der Waals surface area contributed by atoms with Gasteiger partial charge >= 0.3 is 0 Å². The average molecular weight is 461 g/mol. The smallest absolute Gasteiger partial charge is 0.193 e. The first-order chi connectivity index (χ1) is 11.8. The minimum atomic E-state index is 0. The minimum absolute atomic E-state index is 0. The number of aliphatic imine (C=N–C) groups is 1. The fraction of sp³-hybridized carbons (Fsp3) is 0.647. The Morgan fingerprint density at radius 3 is 2.80 bits per heavy atom. The Labute approximate surface area is 166 Å². The van der Waals surface area contributed by atoms with Crippen molar-refractivity contribution in [1.29, 1.82) is 0 Å². The van der Waals surface area contributed by atoms with Crippen LogP contribution in [0.1, 0.15) is 18.5 Å². The van der Waals surface area contributed by atoms with Gasteiger partial charge in [-0.15, -0.1) is 24.0 Å². The van der Waals surface area contributed by atoms with E-state index in [2.05, 4.69) is 31.3 Å². The fourth-order valence-electron chi connectivity index (χ4n) is 3.13. The summed E-state index contributed by atoms with van der Waals surface area (Å²) in [5.41, 5.74) is 2.48. The van der Waals surface area contributed by atoms with E-state index < -0.39 is 0 Å². The number of ether oxygens (including phenoxy) is 1. The predicted molar refractivity (Wildman–Crippen MR) is 108 cm³/mol. The zero-order valence-corrected chi connectivity index (χ0v) is 17.1. The van der Waals surface area contributed by atoms with Crippen LogP contribution in [0.2, 0.25) is 0 Å². The molecule has 0 aliphatic carbocycles. The van der Waals surface area contributed by atoms with Crippen molar-refractivity contribution in [2.24, 2.45) is 4.99 Å². The van der Waals surface area contributed by atoms with E-state index in [1.807, 2.05) is 13.1 Å². The molecule has 3 heterocycles. The van der Waals surface area contributed by atoms with Gasteiger partial charge in [-0.2, -0.15) is 0 Å². The van der Waals surface area contributed by atoms with Gasteiger partial charge in [0, 0.05) is 52.4 Å². The van der Waals surface area contributed by atoms with Crippen molar-refractivity contribution < 1.29 is 9.26 Å². The van der Waals surface area contributed by atoms with Gasteiger partial charge in [-0.3, -0.25) is 9.89 Å². The third kappa shape index (κ3) is 6.27. The molecule has 1 saturated heterocycles. The van der Waals surface area contributed by atoms with Gasteiger partial charge in [0.1, 0.15) is 6.26 Å². The van der Waals surface area contributed by atoms with Crippen molar-refractivity contribution in [2.75, 3.05) is 53.0 Å². The van der Waals surface area contributed by atoms with Crippen molar-refractivity contribution in [3.63, 3.8) is 0 Å². The molecule has 0 spiro atoms. The largest absolute Gasteiger partial charge is 0.377 e. The van der Waals surface area contributed by atoms with Crippen LogP contribution in [0.3, 0.4) is 0 Å². The Morgan fingerprint density at radius 2 is 2.16 bits per heavy atom. The molecule has 0 unspecified atom stereocenters. The molecule has 3 rings (SSSR count). The Kier molecular flexibility index (Phi) is 8.70. The van der Waals surface area contributed by atoms with Crippen LogP contribution in [0.5, 0.6) is 0 Å². The second-order valence-corrected chi connectivity index (χ2v) is 6.17. The lowest BCUT2D eigenvalue weighted by Gasteiger charge is -2.36. The summed E-state index contributed by atoms with van der Waals surface area (Å²) in [7, 11) is 1.86. The lowest BCUT2D eigenvalue weighted by atomic mass is 10.1. The summed E-state index contributed by atoms with van der Waals surface area (Å²) < 4.78 is 10.2. The van der Waals surface area contributed by atoms with Gasteiger partial charge in [-0.25, -0.2) is 0 Å². The van der Waals surface area contributed by atoms with Crippen molar-refractivity contribution >= 4 is 29.9 Å². The number of halogens is 1. The second kappa shape index (κ2) is 10.8. The number of hydrogen-bond donors (Lipinski definition) is 1. The Hall–Kier alpha value is -1.13.